The van der Waals surface area contributed by atoms with E-state index < -0.39 is 0 Å². The quantitative estimate of drug-likeness (QED) is 0.711. The molecule has 1 aliphatic carbocycles. The molecule has 3 heterocycles. The Morgan fingerprint density at radius 3 is 2.95 bits per heavy atom. The Labute approximate surface area is 135 Å². The van der Waals surface area contributed by atoms with Crippen LogP contribution in [0.1, 0.15) is 31.3 Å². The maximum absolute atomic E-state index is 12.1. The van der Waals surface area contributed by atoms with Crippen LogP contribution in [0.4, 0.5) is 0 Å². The third-order valence-corrected chi connectivity index (χ3v) is 5.19. The Morgan fingerprint density at radius 2 is 2.32 bits per heavy atom. The van der Waals surface area contributed by atoms with Gasteiger partial charge in [0.25, 0.3) is 5.19 Å². The van der Waals surface area contributed by atoms with Gasteiger partial charge in [0.05, 0.1) is 1.37 Å². The van der Waals surface area contributed by atoms with E-state index in [2.05, 4.69) is 20.8 Å². The molecule has 0 aliphatic heterocycles. The first-order valence-corrected chi connectivity index (χ1v) is 8.54. The summed E-state index contributed by atoms with van der Waals surface area (Å²) in [5.74, 6) is 0.536. The first-order chi connectivity index (χ1) is 11.1. The fourth-order valence-electron chi connectivity index (χ4n) is 2.27. The molecule has 0 aromatic carbocycles. The monoisotopic (exact) mass is 337 g/mol. The van der Waals surface area contributed by atoms with Crippen LogP contribution >= 0.6 is 22.7 Å². The minimum atomic E-state index is -0.280. The summed E-state index contributed by atoms with van der Waals surface area (Å²) in [5, 5.41) is 12.6. The van der Waals surface area contributed by atoms with E-state index in [4.69, 9.17) is 6.11 Å². The molecule has 114 valence electrons. The van der Waals surface area contributed by atoms with Crippen molar-refractivity contribution in [2.75, 3.05) is 0 Å². The molecule has 0 spiro atoms. The highest BCUT2D eigenvalue weighted by molar-refractivity contribution is 7.13. The van der Waals surface area contributed by atoms with Crippen LogP contribution in [0.15, 0.2) is 21.7 Å². The van der Waals surface area contributed by atoms with Gasteiger partial charge < -0.3 is 4.74 Å². The van der Waals surface area contributed by atoms with Crippen LogP contribution in [0.5, 0.6) is 5.19 Å². The van der Waals surface area contributed by atoms with Gasteiger partial charge in [0.15, 0.2) is 0 Å². The molecular weight excluding hydrogens is 322 g/mol. The lowest BCUT2D eigenvalue weighted by Gasteiger charge is -2.06. The second-order valence-electron chi connectivity index (χ2n) is 5.08. The van der Waals surface area contributed by atoms with E-state index in [1.807, 2.05) is 0 Å². The van der Waals surface area contributed by atoms with Crippen LogP contribution in [0, 0.1) is 0 Å². The Balaban J connectivity index is 1.69. The maximum Gasteiger partial charge on any atom is 0.368 e. The van der Waals surface area contributed by atoms with Crippen LogP contribution in [0.2, 0.25) is 0 Å². The number of nitrogens with zero attached hydrogens (tertiary/aromatic N) is 5. The number of aromatic nitrogens is 5. The summed E-state index contributed by atoms with van der Waals surface area (Å²) in [5.41, 5.74) is 1.89. The van der Waals surface area contributed by atoms with Gasteiger partial charge in [-0.15, -0.1) is 16.0 Å². The lowest BCUT2D eigenvalue weighted by atomic mass is 10.1. The first kappa shape index (κ1) is 12.5. The molecule has 0 saturated heterocycles. The zero-order chi connectivity index (χ0) is 16.0. The summed E-state index contributed by atoms with van der Waals surface area (Å²) in [6.45, 7) is 0.306. The van der Waals surface area contributed by atoms with Crippen LogP contribution in [0.3, 0.4) is 0 Å². The lowest BCUT2D eigenvalue weighted by Crippen LogP contribution is -2.22. The molecular formula is C13H13N5O2S2. The SMILES string of the molecule is [3H]c1csc(OCc2c(C3CC3)csc2-n2nnn(C)c2=O)n1. The highest BCUT2D eigenvalue weighted by Crippen LogP contribution is 2.45. The van der Waals surface area contributed by atoms with Crippen molar-refractivity contribution in [1.29, 1.82) is 0 Å². The van der Waals surface area contributed by atoms with Crippen LogP contribution in [0.25, 0.3) is 5.00 Å². The number of ether oxygens (including phenoxy) is 1. The fourth-order valence-corrected chi connectivity index (χ4v) is 3.81. The van der Waals surface area contributed by atoms with Gasteiger partial charge in [0, 0.05) is 24.2 Å². The zero-order valence-corrected chi connectivity index (χ0v) is 13.4. The van der Waals surface area contributed by atoms with Gasteiger partial charge in [0.2, 0.25) is 0 Å². The van der Waals surface area contributed by atoms with Crippen molar-refractivity contribution in [3.05, 3.63) is 38.5 Å². The molecule has 1 saturated carbocycles. The van der Waals surface area contributed by atoms with Crippen molar-refractivity contribution < 1.29 is 6.11 Å². The molecule has 7 nitrogen and oxygen atoms in total. The molecule has 4 rings (SSSR count). The van der Waals surface area contributed by atoms with Crippen molar-refractivity contribution in [2.24, 2.45) is 7.05 Å². The number of thiophene rings is 1. The van der Waals surface area contributed by atoms with E-state index >= 15 is 0 Å². The summed E-state index contributed by atoms with van der Waals surface area (Å²) >= 11 is 2.77. The molecule has 0 amide bonds. The van der Waals surface area contributed by atoms with Crippen molar-refractivity contribution in [2.45, 2.75) is 25.4 Å². The summed E-state index contributed by atoms with van der Waals surface area (Å²) < 4.78 is 15.7. The third-order valence-electron chi connectivity index (χ3n) is 3.54. The maximum atomic E-state index is 12.1. The number of tetrazole rings is 1. The summed E-state index contributed by atoms with van der Waals surface area (Å²) in [6, 6.07) is 0. The van der Waals surface area contributed by atoms with E-state index in [1.165, 1.54) is 37.6 Å². The Hall–Kier alpha value is -2.00. The van der Waals surface area contributed by atoms with E-state index in [1.54, 1.807) is 12.4 Å². The highest BCUT2D eigenvalue weighted by atomic mass is 32.1. The van der Waals surface area contributed by atoms with Gasteiger partial charge in [-0.05, 0) is 40.1 Å². The predicted molar refractivity (Wildman–Crippen MR) is 82.9 cm³/mol. The third kappa shape index (κ3) is 2.35. The minimum absolute atomic E-state index is 0.197. The van der Waals surface area contributed by atoms with Gasteiger partial charge in [-0.25, -0.2) is 9.78 Å². The highest BCUT2D eigenvalue weighted by Gasteiger charge is 2.30. The van der Waals surface area contributed by atoms with Crippen LogP contribution < -0.4 is 10.4 Å². The Bertz CT molecular complexity index is 908. The number of rotatable bonds is 5. The minimum Gasteiger partial charge on any atom is -0.465 e. The molecule has 22 heavy (non-hydrogen) atoms. The molecule has 9 heteroatoms. The normalized spacial score (nSPS) is 15.0. The summed E-state index contributed by atoms with van der Waals surface area (Å²) in [4.78, 5) is 16.1. The van der Waals surface area contributed by atoms with Gasteiger partial charge >= 0.3 is 5.69 Å². The largest absolute Gasteiger partial charge is 0.465 e. The van der Waals surface area contributed by atoms with Crippen molar-refractivity contribution in [3.63, 3.8) is 0 Å². The average Bonchev–Trinajstić information content (AvgIpc) is 3.03. The summed E-state index contributed by atoms with van der Waals surface area (Å²) in [7, 11) is 1.57. The fraction of sp³-hybridized carbons (Fsp3) is 0.385. The van der Waals surface area contributed by atoms with Crippen LogP contribution in [-0.4, -0.2) is 24.8 Å². The lowest BCUT2D eigenvalue weighted by molar-refractivity contribution is 0.303. The molecule has 0 atom stereocenters. The number of hydrogen-bond acceptors (Lipinski definition) is 7. The topological polar surface area (TPSA) is 74.8 Å². The zero-order valence-electron chi connectivity index (χ0n) is 12.7. The van der Waals surface area contributed by atoms with Gasteiger partial charge in [-0.3, -0.25) is 0 Å². The Morgan fingerprint density at radius 1 is 1.45 bits per heavy atom. The van der Waals surface area contributed by atoms with Gasteiger partial charge in [0.1, 0.15) is 11.6 Å². The molecule has 1 aliphatic rings. The Kier molecular flexibility index (Phi) is 3.03. The van der Waals surface area contributed by atoms with Crippen LogP contribution in [-0.2, 0) is 13.7 Å². The first-order valence-electron chi connectivity index (χ1n) is 7.28. The van der Waals surface area contributed by atoms with Crippen molar-refractivity contribution in [3.8, 4) is 10.2 Å². The second kappa shape index (κ2) is 5.33. The average molecular weight is 337 g/mol. The molecule has 0 unspecified atom stereocenters. The predicted octanol–water partition coefficient (Wildman–Crippen LogP) is 1.94. The molecule has 0 N–H and O–H groups in total. The van der Waals surface area contributed by atoms with Gasteiger partial charge in [-0.2, -0.15) is 4.68 Å². The van der Waals surface area contributed by atoms with Gasteiger partial charge in [-0.1, -0.05) is 11.3 Å². The van der Waals surface area contributed by atoms with E-state index in [-0.39, 0.29) is 11.9 Å². The summed E-state index contributed by atoms with van der Waals surface area (Å²) in [6.07, 6.45) is 2.52. The molecule has 0 bridgehead atoms. The molecule has 1 fully saturated rings. The number of hydrogen-bond donors (Lipinski definition) is 0. The molecule has 3 aromatic rings. The number of aryl methyl sites for hydroxylation is 1. The smallest absolute Gasteiger partial charge is 0.368 e. The standard InChI is InChI=1S/C13H13N5O2S2/c1-17-13(19)18(16-15-17)11-9(6-20-12-14-4-5-21-12)10(7-22-11)8-2-3-8/h4-5,7-8H,2-3,6H2,1H3/i4T. The van der Waals surface area contributed by atoms with E-state index in [0.717, 1.165) is 23.4 Å². The van der Waals surface area contributed by atoms with E-state index in [9.17, 15) is 4.79 Å². The molecule has 0 radical (unpaired) electrons. The van der Waals surface area contributed by atoms with Crippen molar-refractivity contribution >= 4 is 22.7 Å². The number of thiazole rings is 1. The second-order valence-corrected chi connectivity index (χ2v) is 6.76. The molecule has 3 aromatic heterocycles. The van der Waals surface area contributed by atoms with E-state index in [0.29, 0.717) is 17.7 Å². The van der Waals surface area contributed by atoms with Crippen molar-refractivity contribution in [1.82, 2.24) is 24.8 Å².